The van der Waals surface area contributed by atoms with E-state index in [0.717, 1.165) is 18.0 Å². The van der Waals surface area contributed by atoms with Crippen LogP contribution in [0.5, 0.6) is 0 Å². The van der Waals surface area contributed by atoms with Crippen LogP contribution in [0.25, 0.3) is 0 Å². The van der Waals surface area contributed by atoms with Crippen molar-refractivity contribution in [3.63, 3.8) is 0 Å². The van der Waals surface area contributed by atoms with E-state index in [0.29, 0.717) is 49.8 Å². The molecule has 1 atom stereocenters. The fourth-order valence-electron chi connectivity index (χ4n) is 4.00. The molecule has 0 N–H and O–H groups in total. The molecule has 2 aromatic rings. The Morgan fingerprint density at radius 2 is 1.79 bits per heavy atom. The van der Waals surface area contributed by atoms with E-state index in [1.807, 2.05) is 11.8 Å². The highest BCUT2D eigenvalue weighted by Crippen LogP contribution is 2.35. The molecule has 0 unspecified atom stereocenters. The monoisotopic (exact) mass is 419 g/mol. The molecule has 0 aliphatic carbocycles. The summed E-state index contributed by atoms with van der Waals surface area (Å²) in [6.45, 7) is 3.98. The average molecular weight is 419 g/mol. The highest BCUT2D eigenvalue weighted by molar-refractivity contribution is 7.92. The summed E-state index contributed by atoms with van der Waals surface area (Å²) in [7, 11) is -3.36. The number of benzene rings is 1. The lowest BCUT2D eigenvalue weighted by atomic mass is 10.1. The summed E-state index contributed by atoms with van der Waals surface area (Å²) in [4.78, 5) is 24.6. The predicted octanol–water partition coefficient (Wildman–Crippen LogP) is 1.29. The zero-order valence-electron chi connectivity index (χ0n) is 16.2. The van der Waals surface area contributed by atoms with Crippen molar-refractivity contribution in [1.29, 1.82) is 0 Å². The molecular weight excluding hydrogens is 397 g/mol. The molecule has 10 heteroatoms. The number of amides is 1. The van der Waals surface area contributed by atoms with E-state index in [-0.39, 0.29) is 11.9 Å². The van der Waals surface area contributed by atoms with Crippen molar-refractivity contribution in [2.75, 3.05) is 41.6 Å². The second kappa shape index (κ2) is 7.25. The molecule has 0 spiro atoms. The minimum atomic E-state index is -3.36. The number of hydrogen-bond donors (Lipinski definition) is 0. The lowest BCUT2D eigenvalue weighted by Crippen LogP contribution is -2.49. The standard InChI is InChI=1S/C19H22FN5O3S/c1-13-9-15-10-14(3-4-17(15)25(13)29(2,27)28)18(26)23-5-7-24(8-6-23)19-21-11-16(20)12-22-19/h3-4,10-13H,5-9H2,1-2H3/t13-/m1/s1. The Hall–Kier alpha value is -2.75. The summed E-state index contributed by atoms with van der Waals surface area (Å²) in [5.74, 6) is -0.119. The van der Waals surface area contributed by atoms with Crippen LogP contribution in [0.4, 0.5) is 16.0 Å². The number of halogens is 1. The van der Waals surface area contributed by atoms with Gasteiger partial charge >= 0.3 is 0 Å². The van der Waals surface area contributed by atoms with Gasteiger partial charge in [-0.1, -0.05) is 0 Å². The van der Waals surface area contributed by atoms with E-state index < -0.39 is 15.8 Å². The number of piperazine rings is 1. The van der Waals surface area contributed by atoms with E-state index in [9.17, 15) is 17.6 Å². The first-order valence-electron chi connectivity index (χ1n) is 9.38. The van der Waals surface area contributed by atoms with Crippen molar-refractivity contribution in [3.05, 3.63) is 47.5 Å². The Bertz CT molecular complexity index is 1040. The Kier molecular flexibility index (Phi) is 4.89. The van der Waals surface area contributed by atoms with Crippen LogP contribution >= 0.6 is 0 Å². The molecule has 0 bridgehead atoms. The Morgan fingerprint density at radius 3 is 2.41 bits per heavy atom. The number of aromatic nitrogens is 2. The van der Waals surface area contributed by atoms with Crippen molar-refractivity contribution in [1.82, 2.24) is 14.9 Å². The Labute approximate surface area is 169 Å². The second-order valence-corrected chi connectivity index (χ2v) is 9.30. The van der Waals surface area contributed by atoms with Crippen molar-refractivity contribution in [3.8, 4) is 0 Å². The third kappa shape index (κ3) is 3.76. The SMILES string of the molecule is C[C@@H]1Cc2cc(C(=O)N3CCN(c4ncc(F)cn4)CC3)ccc2N1S(C)(=O)=O. The third-order valence-electron chi connectivity index (χ3n) is 5.29. The van der Waals surface area contributed by atoms with Crippen LogP contribution in [-0.2, 0) is 16.4 Å². The quantitative estimate of drug-likeness (QED) is 0.745. The molecule has 1 saturated heterocycles. The van der Waals surface area contributed by atoms with Gasteiger partial charge in [-0.3, -0.25) is 9.10 Å². The van der Waals surface area contributed by atoms with Crippen LogP contribution in [0.15, 0.2) is 30.6 Å². The maximum absolute atomic E-state index is 13.0. The van der Waals surface area contributed by atoms with Gasteiger partial charge in [0.15, 0.2) is 5.82 Å². The van der Waals surface area contributed by atoms with Crippen molar-refractivity contribution < 1.29 is 17.6 Å². The fourth-order valence-corrected chi connectivity index (χ4v) is 5.27. The molecule has 2 aliphatic heterocycles. The first-order chi connectivity index (χ1) is 13.7. The van der Waals surface area contributed by atoms with E-state index in [1.165, 1.54) is 10.6 Å². The Morgan fingerprint density at radius 1 is 1.14 bits per heavy atom. The summed E-state index contributed by atoms with van der Waals surface area (Å²) in [6.07, 6.45) is 4.04. The molecule has 3 heterocycles. The maximum Gasteiger partial charge on any atom is 0.253 e. The van der Waals surface area contributed by atoms with Gasteiger partial charge < -0.3 is 9.80 Å². The van der Waals surface area contributed by atoms with Gasteiger partial charge in [0.2, 0.25) is 16.0 Å². The molecule has 0 saturated carbocycles. The first-order valence-corrected chi connectivity index (χ1v) is 11.2. The molecule has 1 fully saturated rings. The van der Waals surface area contributed by atoms with Crippen LogP contribution in [0.3, 0.4) is 0 Å². The average Bonchev–Trinajstić information content (AvgIpc) is 3.03. The van der Waals surface area contributed by atoms with Crippen molar-refractivity contribution >= 4 is 27.6 Å². The van der Waals surface area contributed by atoms with Gasteiger partial charge in [0.25, 0.3) is 5.91 Å². The number of rotatable bonds is 3. The molecule has 2 aliphatic rings. The van der Waals surface area contributed by atoms with Gasteiger partial charge in [-0.2, -0.15) is 0 Å². The molecule has 1 aromatic heterocycles. The first kappa shape index (κ1) is 19.6. The summed E-state index contributed by atoms with van der Waals surface area (Å²) >= 11 is 0. The Balaban J connectivity index is 1.46. The van der Waals surface area contributed by atoms with Gasteiger partial charge in [0, 0.05) is 37.8 Å². The molecule has 29 heavy (non-hydrogen) atoms. The second-order valence-electron chi connectivity index (χ2n) is 7.44. The molecule has 4 rings (SSSR count). The van der Waals surface area contributed by atoms with E-state index in [2.05, 4.69) is 9.97 Å². The third-order valence-corrected chi connectivity index (χ3v) is 6.56. The highest BCUT2D eigenvalue weighted by atomic mass is 32.2. The minimum absolute atomic E-state index is 0.0852. The maximum atomic E-state index is 13.0. The zero-order chi connectivity index (χ0) is 20.8. The summed E-state index contributed by atoms with van der Waals surface area (Å²) in [6, 6.07) is 5.04. The molecular formula is C19H22FN5O3S. The minimum Gasteiger partial charge on any atom is -0.337 e. The smallest absolute Gasteiger partial charge is 0.253 e. The van der Waals surface area contributed by atoms with E-state index >= 15 is 0 Å². The topological polar surface area (TPSA) is 86.7 Å². The number of sulfonamides is 1. The summed E-state index contributed by atoms with van der Waals surface area (Å²) in [5, 5.41) is 0. The van der Waals surface area contributed by atoms with Gasteiger partial charge in [0.1, 0.15) is 0 Å². The fraction of sp³-hybridized carbons (Fsp3) is 0.421. The normalized spacial score (nSPS) is 19.4. The lowest BCUT2D eigenvalue weighted by molar-refractivity contribution is 0.0746. The predicted molar refractivity (Wildman–Crippen MR) is 107 cm³/mol. The van der Waals surface area contributed by atoms with Gasteiger partial charge in [-0.25, -0.2) is 22.8 Å². The number of carbonyl (C=O) groups is 1. The molecule has 1 amide bonds. The van der Waals surface area contributed by atoms with Gasteiger partial charge in [0.05, 0.1) is 24.3 Å². The van der Waals surface area contributed by atoms with Crippen LogP contribution in [0.1, 0.15) is 22.8 Å². The molecule has 1 aromatic carbocycles. The number of anilines is 2. The van der Waals surface area contributed by atoms with E-state index in [1.54, 1.807) is 23.1 Å². The molecule has 154 valence electrons. The highest BCUT2D eigenvalue weighted by Gasteiger charge is 2.33. The number of carbonyl (C=O) groups excluding carboxylic acids is 1. The van der Waals surface area contributed by atoms with E-state index in [4.69, 9.17) is 0 Å². The van der Waals surface area contributed by atoms with Gasteiger partial charge in [-0.15, -0.1) is 0 Å². The number of fused-ring (bicyclic) bond motifs is 1. The lowest BCUT2D eigenvalue weighted by Gasteiger charge is -2.34. The van der Waals surface area contributed by atoms with Crippen LogP contribution in [0, 0.1) is 5.82 Å². The number of hydrogen-bond acceptors (Lipinski definition) is 6. The van der Waals surface area contributed by atoms with Crippen molar-refractivity contribution in [2.24, 2.45) is 0 Å². The van der Waals surface area contributed by atoms with Crippen LogP contribution < -0.4 is 9.21 Å². The summed E-state index contributed by atoms with van der Waals surface area (Å²) in [5.41, 5.74) is 2.07. The van der Waals surface area contributed by atoms with Crippen LogP contribution in [-0.4, -0.2) is 67.7 Å². The molecule has 8 nitrogen and oxygen atoms in total. The summed E-state index contributed by atoms with van der Waals surface area (Å²) < 4.78 is 38.5. The largest absolute Gasteiger partial charge is 0.337 e. The zero-order valence-corrected chi connectivity index (χ0v) is 17.1. The van der Waals surface area contributed by atoms with Crippen molar-refractivity contribution in [2.45, 2.75) is 19.4 Å². The van der Waals surface area contributed by atoms with Crippen LogP contribution in [0.2, 0.25) is 0 Å². The molecule has 0 radical (unpaired) electrons. The van der Waals surface area contributed by atoms with Gasteiger partial charge in [-0.05, 0) is 37.1 Å². The number of nitrogens with zero attached hydrogens (tertiary/aromatic N) is 5.